The maximum Gasteiger partial charge on any atom is 0.335 e. The number of anilines is 1. The number of nitrogens with one attached hydrogen (secondary N) is 1. The van der Waals surface area contributed by atoms with Gasteiger partial charge < -0.3 is 10.4 Å². The first-order chi connectivity index (χ1) is 11.3. The largest absolute Gasteiger partial charge is 0.478 e. The van der Waals surface area contributed by atoms with Crippen LogP contribution in [0, 0.1) is 0 Å². The zero-order valence-corrected chi connectivity index (χ0v) is 13.9. The van der Waals surface area contributed by atoms with Gasteiger partial charge in [0.2, 0.25) is 10.0 Å². The zero-order valence-electron chi connectivity index (χ0n) is 13.1. The summed E-state index contributed by atoms with van der Waals surface area (Å²) in [5.74, 6) is -1.23. The van der Waals surface area contributed by atoms with Crippen molar-refractivity contribution in [2.75, 3.05) is 11.9 Å². The van der Waals surface area contributed by atoms with Crippen LogP contribution >= 0.6 is 0 Å². The lowest BCUT2D eigenvalue weighted by atomic mass is 10.0. The van der Waals surface area contributed by atoms with Gasteiger partial charge in [0, 0.05) is 17.8 Å². The van der Waals surface area contributed by atoms with Gasteiger partial charge in [-0.3, -0.25) is 0 Å². The van der Waals surface area contributed by atoms with Crippen molar-refractivity contribution in [2.24, 2.45) is 5.14 Å². The summed E-state index contributed by atoms with van der Waals surface area (Å²) in [5, 5.41) is 17.6. The van der Waals surface area contributed by atoms with Crippen molar-refractivity contribution in [1.29, 1.82) is 0 Å². The molecule has 0 unspecified atom stereocenters. The second-order valence-corrected chi connectivity index (χ2v) is 6.59. The van der Waals surface area contributed by atoms with E-state index in [-0.39, 0.29) is 10.5 Å². The summed E-state index contributed by atoms with van der Waals surface area (Å²) in [7, 11) is -4.11. The maximum absolute atomic E-state index is 12.0. The molecule has 126 valence electrons. The van der Waals surface area contributed by atoms with Crippen molar-refractivity contribution in [1.82, 2.24) is 0 Å². The summed E-state index contributed by atoms with van der Waals surface area (Å²) >= 11 is 0. The van der Waals surface area contributed by atoms with Crippen molar-refractivity contribution >= 4 is 21.7 Å². The second-order valence-electron chi connectivity index (χ2n) is 5.06. The van der Waals surface area contributed by atoms with Gasteiger partial charge in [0.25, 0.3) is 0 Å². The lowest BCUT2D eigenvalue weighted by Gasteiger charge is -2.16. The van der Waals surface area contributed by atoms with E-state index in [4.69, 9.17) is 5.14 Å². The molecular formula is C17H18N2O4S. The molecule has 0 amide bonds. The number of hydrogen-bond acceptors (Lipinski definition) is 4. The van der Waals surface area contributed by atoms with Crippen molar-refractivity contribution in [3.63, 3.8) is 0 Å². The molecule has 7 heteroatoms. The van der Waals surface area contributed by atoms with Gasteiger partial charge in [0.05, 0.1) is 10.5 Å². The number of hydrogen-bond donors (Lipinski definition) is 3. The quantitative estimate of drug-likeness (QED) is 0.697. The third-order valence-corrected chi connectivity index (χ3v) is 4.30. The molecule has 4 N–H and O–H groups in total. The van der Waals surface area contributed by atoms with E-state index in [9.17, 15) is 18.3 Å². The number of primary sulfonamides is 1. The number of allylic oxidation sites excluding steroid dienone is 1. The zero-order chi connectivity index (χ0) is 17.7. The van der Waals surface area contributed by atoms with Gasteiger partial charge in [0.1, 0.15) is 0 Å². The standard InChI is InChI=1S/C17H18N2O4S/c1-2-3-9-19-14-10-13(17(20)21)11-15(24(18,22)23)16(14)12-7-5-4-6-8-12/h2-8,10-11,19H,9H2,1H3,(H,20,21)(H2,18,22,23). The van der Waals surface area contributed by atoms with Crippen LogP contribution in [-0.2, 0) is 10.0 Å². The molecule has 0 atom stereocenters. The van der Waals surface area contributed by atoms with E-state index in [1.807, 2.05) is 19.1 Å². The molecule has 2 rings (SSSR count). The number of carbonyl (C=O) groups is 1. The average Bonchev–Trinajstić information content (AvgIpc) is 2.54. The number of rotatable bonds is 6. The normalized spacial score (nSPS) is 11.6. The van der Waals surface area contributed by atoms with Crippen LogP contribution in [0.2, 0.25) is 0 Å². The Labute approximate surface area is 140 Å². The number of nitrogens with two attached hydrogens (primary N) is 1. The number of benzene rings is 2. The number of carboxylic acid groups (broad SMARTS) is 1. The fraction of sp³-hybridized carbons (Fsp3) is 0.118. The van der Waals surface area contributed by atoms with Gasteiger partial charge in [-0.05, 0) is 24.6 Å². The van der Waals surface area contributed by atoms with Crippen molar-refractivity contribution in [2.45, 2.75) is 11.8 Å². The number of sulfonamides is 1. The first-order valence-corrected chi connectivity index (χ1v) is 8.74. The Morgan fingerprint density at radius 3 is 2.46 bits per heavy atom. The van der Waals surface area contributed by atoms with E-state index in [1.54, 1.807) is 30.3 Å². The monoisotopic (exact) mass is 346 g/mol. The summed E-state index contributed by atoms with van der Waals surface area (Å²) in [4.78, 5) is 11.1. The highest BCUT2D eigenvalue weighted by Crippen LogP contribution is 2.35. The molecule has 2 aromatic rings. The Kier molecular flexibility index (Phi) is 5.38. The Morgan fingerprint density at radius 2 is 1.92 bits per heavy atom. The molecule has 0 aliphatic rings. The molecule has 0 spiro atoms. The second kappa shape index (κ2) is 7.29. The summed E-state index contributed by atoms with van der Waals surface area (Å²) < 4.78 is 24.1. The molecule has 0 heterocycles. The van der Waals surface area contributed by atoms with Crippen LogP contribution in [0.15, 0.2) is 59.5 Å². The highest BCUT2D eigenvalue weighted by molar-refractivity contribution is 7.89. The van der Waals surface area contributed by atoms with Crippen LogP contribution < -0.4 is 10.5 Å². The predicted molar refractivity (Wildman–Crippen MR) is 93.5 cm³/mol. The number of aromatic carboxylic acids is 1. The third-order valence-electron chi connectivity index (χ3n) is 3.36. The Balaban J connectivity index is 2.78. The maximum atomic E-state index is 12.0. The molecule has 0 aliphatic carbocycles. The van der Waals surface area contributed by atoms with Crippen LogP contribution in [0.3, 0.4) is 0 Å². The van der Waals surface area contributed by atoms with Gasteiger partial charge in [0.15, 0.2) is 0 Å². The SMILES string of the molecule is CC=CCNc1cc(C(=O)O)cc(S(N)(=O)=O)c1-c1ccccc1. The van der Waals surface area contributed by atoms with E-state index in [0.717, 1.165) is 6.07 Å². The average molecular weight is 346 g/mol. The molecule has 24 heavy (non-hydrogen) atoms. The summed E-state index contributed by atoms with van der Waals surface area (Å²) in [6.07, 6.45) is 3.66. The lowest BCUT2D eigenvalue weighted by Crippen LogP contribution is -2.16. The molecule has 6 nitrogen and oxygen atoms in total. The van der Waals surface area contributed by atoms with Crippen LogP contribution in [0.25, 0.3) is 11.1 Å². The minimum Gasteiger partial charge on any atom is -0.478 e. The fourth-order valence-electron chi connectivity index (χ4n) is 2.29. The van der Waals surface area contributed by atoms with Crippen molar-refractivity contribution in [3.05, 3.63) is 60.2 Å². The van der Waals surface area contributed by atoms with Crippen LogP contribution in [0.5, 0.6) is 0 Å². The van der Waals surface area contributed by atoms with E-state index in [1.165, 1.54) is 6.07 Å². The van der Waals surface area contributed by atoms with E-state index < -0.39 is 16.0 Å². The highest BCUT2D eigenvalue weighted by atomic mass is 32.2. The van der Waals surface area contributed by atoms with E-state index in [0.29, 0.717) is 23.4 Å². The van der Waals surface area contributed by atoms with Gasteiger partial charge in [-0.2, -0.15) is 0 Å². The van der Waals surface area contributed by atoms with Gasteiger partial charge in [-0.1, -0.05) is 42.5 Å². The first-order valence-electron chi connectivity index (χ1n) is 7.19. The molecular weight excluding hydrogens is 328 g/mol. The summed E-state index contributed by atoms with van der Waals surface area (Å²) in [6.45, 7) is 2.27. The summed E-state index contributed by atoms with van der Waals surface area (Å²) in [5.41, 5.74) is 1.22. The predicted octanol–water partition coefficient (Wildman–Crippen LogP) is 2.69. The number of carboxylic acids is 1. The molecule has 0 aromatic heterocycles. The third kappa shape index (κ3) is 4.01. The topological polar surface area (TPSA) is 109 Å². The minimum atomic E-state index is -4.11. The smallest absolute Gasteiger partial charge is 0.335 e. The molecule has 2 aromatic carbocycles. The first kappa shape index (κ1) is 17.7. The van der Waals surface area contributed by atoms with E-state index >= 15 is 0 Å². The molecule has 0 bridgehead atoms. The van der Waals surface area contributed by atoms with Crippen LogP contribution in [0.1, 0.15) is 17.3 Å². The minimum absolute atomic E-state index is 0.151. The Hall–Kier alpha value is -2.64. The van der Waals surface area contributed by atoms with Crippen molar-refractivity contribution in [3.8, 4) is 11.1 Å². The van der Waals surface area contributed by atoms with Crippen LogP contribution in [0.4, 0.5) is 5.69 Å². The Morgan fingerprint density at radius 1 is 1.25 bits per heavy atom. The van der Waals surface area contributed by atoms with Gasteiger partial charge in [-0.25, -0.2) is 18.4 Å². The molecule has 0 fully saturated rings. The fourth-order valence-corrected chi connectivity index (χ4v) is 3.10. The van der Waals surface area contributed by atoms with Gasteiger partial charge >= 0.3 is 5.97 Å². The molecule has 0 saturated carbocycles. The molecule has 0 saturated heterocycles. The Bertz CT molecular complexity index is 875. The van der Waals surface area contributed by atoms with E-state index in [2.05, 4.69) is 5.32 Å². The summed E-state index contributed by atoms with van der Waals surface area (Å²) in [6, 6.07) is 11.3. The molecule has 0 aliphatic heterocycles. The van der Waals surface area contributed by atoms with Gasteiger partial charge in [-0.15, -0.1) is 0 Å². The van der Waals surface area contributed by atoms with Crippen molar-refractivity contribution < 1.29 is 18.3 Å². The highest BCUT2D eigenvalue weighted by Gasteiger charge is 2.22. The lowest BCUT2D eigenvalue weighted by molar-refractivity contribution is 0.0696. The van der Waals surface area contributed by atoms with Crippen LogP contribution in [-0.4, -0.2) is 26.0 Å². The molecule has 0 radical (unpaired) electrons.